The van der Waals surface area contributed by atoms with Crippen LogP contribution in [0, 0.1) is 12.1 Å². The van der Waals surface area contributed by atoms with Crippen molar-refractivity contribution in [1.29, 1.82) is 0 Å². The van der Waals surface area contributed by atoms with Crippen LogP contribution in [0.1, 0.15) is 22.4 Å². The van der Waals surface area contributed by atoms with Crippen LogP contribution in [0.4, 0.5) is 0 Å². The molecule has 5 heteroatoms. The molecule has 1 aliphatic carbocycles. The number of benzene rings is 5. The van der Waals surface area contributed by atoms with E-state index in [0.717, 1.165) is 39.1 Å². The van der Waals surface area contributed by atoms with Crippen LogP contribution < -0.4 is 0 Å². The largest absolute Gasteiger partial charge is 2.00 e. The minimum atomic E-state index is -0.618. The summed E-state index contributed by atoms with van der Waals surface area (Å²) >= 11 is 0. The van der Waals surface area contributed by atoms with E-state index in [4.69, 9.17) is 4.98 Å². The van der Waals surface area contributed by atoms with Gasteiger partial charge >= 0.3 is 21.1 Å². The third-order valence-electron chi connectivity index (χ3n) is 8.75. The second-order valence-electron chi connectivity index (χ2n) is 10.9. The first-order chi connectivity index (χ1) is 21.3. The molecule has 8 aromatic rings. The van der Waals surface area contributed by atoms with Crippen LogP contribution in [0.2, 0.25) is 0 Å². The van der Waals surface area contributed by atoms with Gasteiger partial charge in [0.1, 0.15) is 0 Å². The van der Waals surface area contributed by atoms with Gasteiger partial charge < -0.3 is 4.57 Å². The maximum absolute atomic E-state index is 5.00. The van der Waals surface area contributed by atoms with E-state index in [2.05, 4.69) is 137 Å². The van der Waals surface area contributed by atoms with Gasteiger partial charge in [-0.3, -0.25) is 9.67 Å². The molecule has 0 saturated carbocycles. The zero-order valence-electron chi connectivity index (χ0n) is 23.5. The van der Waals surface area contributed by atoms with Crippen LogP contribution >= 0.6 is 0 Å². The number of hydrogen-bond acceptors (Lipinski definition) is 2. The molecule has 44 heavy (non-hydrogen) atoms. The molecule has 3 heterocycles. The van der Waals surface area contributed by atoms with Crippen LogP contribution in [0.3, 0.4) is 0 Å². The van der Waals surface area contributed by atoms with Crippen molar-refractivity contribution in [2.75, 3.05) is 0 Å². The molecular formula is C39H24N4Pt. The molecule has 0 aliphatic heterocycles. The summed E-state index contributed by atoms with van der Waals surface area (Å²) in [6, 6.07) is 52.5. The van der Waals surface area contributed by atoms with Crippen molar-refractivity contribution in [2.45, 2.75) is 5.41 Å². The minimum absolute atomic E-state index is 0. The van der Waals surface area contributed by atoms with Crippen molar-refractivity contribution >= 4 is 21.8 Å². The molecule has 0 bridgehead atoms. The van der Waals surface area contributed by atoms with Crippen molar-refractivity contribution in [1.82, 2.24) is 19.3 Å². The molecule has 5 aromatic carbocycles. The molecule has 0 radical (unpaired) electrons. The van der Waals surface area contributed by atoms with Crippen LogP contribution in [-0.2, 0) is 26.5 Å². The Morgan fingerprint density at radius 2 is 1.32 bits per heavy atom. The average Bonchev–Trinajstić information content (AvgIpc) is 3.80. The Kier molecular flexibility index (Phi) is 6.21. The molecule has 0 fully saturated rings. The number of para-hydroxylation sites is 1. The number of hydrogen-bond donors (Lipinski definition) is 0. The van der Waals surface area contributed by atoms with Crippen LogP contribution in [-0.4, -0.2) is 19.3 Å². The van der Waals surface area contributed by atoms with Gasteiger partial charge in [0, 0.05) is 24.1 Å². The van der Waals surface area contributed by atoms with Crippen LogP contribution in [0.15, 0.2) is 146 Å². The summed E-state index contributed by atoms with van der Waals surface area (Å²) < 4.78 is 4.13. The molecule has 4 nitrogen and oxygen atoms in total. The molecular weight excluding hydrogens is 720 g/mol. The monoisotopic (exact) mass is 743 g/mol. The Morgan fingerprint density at radius 1 is 0.568 bits per heavy atom. The summed E-state index contributed by atoms with van der Waals surface area (Å²) in [5, 5.41) is 6.78. The van der Waals surface area contributed by atoms with E-state index < -0.39 is 5.41 Å². The van der Waals surface area contributed by atoms with Crippen molar-refractivity contribution in [2.24, 2.45) is 0 Å². The summed E-state index contributed by atoms with van der Waals surface area (Å²) in [5.41, 5.74) is 10.3. The maximum atomic E-state index is 5.00. The first-order valence-electron chi connectivity index (χ1n) is 14.4. The topological polar surface area (TPSA) is 35.6 Å². The Bertz CT molecular complexity index is 2260. The van der Waals surface area contributed by atoms with E-state index in [1.165, 1.54) is 27.6 Å². The van der Waals surface area contributed by atoms with Gasteiger partial charge in [-0.2, -0.15) is 29.4 Å². The van der Waals surface area contributed by atoms with Gasteiger partial charge in [0.25, 0.3) is 0 Å². The first kappa shape index (κ1) is 26.6. The quantitative estimate of drug-likeness (QED) is 0.170. The number of aromatic nitrogens is 4. The zero-order valence-corrected chi connectivity index (χ0v) is 25.7. The number of nitrogens with zero attached hydrogens (tertiary/aromatic N) is 4. The Labute approximate surface area is 269 Å². The Morgan fingerprint density at radius 3 is 2.07 bits per heavy atom. The van der Waals surface area contributed by atoms with Crippen molar-refractivity contribution in [3.63, 3.8) is 0 Å². The second-order valence-corrected chi connectivity index (χ2v) is 10.9. The molecule has 0 amide bonds. The molecule has 9 rings (SSSR count). The zero-order chi connectivity index (χ0) is 28.4. The fourth-order valence-electron chi connectivity index (χ4n) is 7.01. The normalized spacial score (nSPS) is 13.0. The van der Waals surface area contributed by atoms with Gasteiger partial charge in [-0.05, 0) is 57.6 Å². The fraction of sp³-hybridized carbons (Fsp3) is 0.0256. The SMILES string of the molecule is [Pt+2].[c-]1c(-n2c3[c-]c(-n4cccn4)ccc3c3ccccc32)cccc1C1(c2ccccn2)c2ccccc2-c2ccccc21. The summed E-state index contributed by atoms with van der Waals surface area (Å²) in [5.74, 6) is 0. The molecule has 0 saturated heterocycles. The fourth-order valence-corrected chi connectivity index (χ4v) is 7.01. The van der Waals surface area contributed by atoms with E-state index in [9.17, 15) is 0 Å². The predicted molar refractivity (Wildman–Crippen MR) is 171 cm³/mol. The van der Waals surface area contributed by atoms with E-state index in [-0.39, 0.29) is 21.1 Å². The van der Waals surface area contributed by atoms with Crippen molar-refractivity contribution < 1.29 is 21.1 Å². The molecule has 0 unspecified atom stereocenters. The van der Waals surface area contributed by atoms with Crippen molar-refractivity contribution in [3.05, 3.63) is 181 Å². The van der Waals surface area contributed by atoms with Gasteiger partial charge in [-0.25, -0.2) is 0 Å². The van der Waals surface area contributed by atoms with Crippen molar-refractivity contribution in [3.8, 4) is 22.5 Å². The molecule has 1 aliphatic rings. The Hall–Kier alpha value is -5.05. The first-order valence-corrected chi connectivity index (χ1v) is 14.4. The summed E-state index contributed by atoms with van der Waals surface area (Å²) in [6.45, 7) is 0. The van der Waals surface area contributed by atoms with Gasteiger partial charge in [-0.1, -0.05) is 84.0 Å². The maximum Gasteiger partial charge on any atom is 2.00 e. The summed E-state index contributed by atoms with van der Waals surface area (Å²) in [7, 11) is 0. The number of fused-ring (bicyclic) bond motifs is 6. The van der Waals surface area contributed by atoms with Gasteiger partial charge in [0.05, 0.1) is 11.1 Å². The molecule has 0 N–H and O–H groups in total. The smallest absolute Gasteiger partial charge is 0.358 e. The molecule has 3 aromatic heterocycles. The second kappa shape index (κ2) is 10.3. The van der Waals surface area contributed by atoms with E-state index >= 15 is 0 Å². The van der Waals surface area contributed by atoms with E-state index in [1.807, 2.05) is 29.2 Å². The van der Waals surface area contributed by atoms with Gasteiger partial charge in [0.2, 0.25) is 0 Å². The van der Waals surface area contributed by atoms with Crippen LogP contribution in [0.5, 0.6) is 0 Å². The summed E-state index contributed by atoms with van der Waals surface area (Å²) in [4.78, 5) is 5.00. The molecule has 210 valence electrons. The number of pyridine rings is 1. The van der Waals surface area contributed by atoms with Gasteiger partial charge in [-0.15, -0.1) is 29.1 Å². The van der Waals surface area contributed by atoms with E-state index in [1.54, 1.807) is 6.20 Å². The Balaban J connectivity index is 0.00000289. The third-order valence-corrected chi connectivity index (χ3v) is 8.75. The number of rotatable bonds is 4. The predicted octanol–water partition coefficient (Wildman–Crippen LogP) is 8.33. The average molecular weight is 744 g/mol. The minimum Gasteiger partial charge on any atom is -0.358 e. The third kappa shape index (κ3) is 3.68. The molecule has 0 spiro atoms. The van der Waals surface area contributed by atoms with Crippen LogP contribution in [0.25, 0.3) is 44.3 Å². The van der Waals surface area contributed by atoms with Gasteiger partial charge in [0.15, 0.2) is 0 Å². The molecule has 0 atom stereocenters. The summed E-state index contributed by atoms with van der Waals surface area (Å²) in [6.07, 6.45) is 5.63. The van der Waals surface area contributed by atoms with E-state index in [0.29, 0.717) is 0 Å². The standard InChI is InChI=1S/C39H24N4.Pt/c1-4-16-34-30(13-1)31-14-2-5-17-35(31)39(34,38-19-7-8-22-40-38)27-11-9-12-29(25-27)43-36-18-6-3-15-32(36)33-21-20-28(26-37(33)43)42-24-10-23-41-42;/h1-24H;/q-2;+2.